The molecule has 3 aromatic rings. The van der Waals surface area contributed by atoms with Crippen molar-refractivity contribution in [1.29, 1.82) is 0 Å². The predicted octanol–water partition coefficient (Wildman–Crippen LogP) is 5.56. The van der Waals surface area contributed by atoms with Crippen molar-refractivity contribution in [1.82, 2.24) is 15.7 Å². The van der Waals surface area contributed by atoms with Gasteiger partial charge in [0.05, 0.1) is 24.9 Å². The summed E-state index contributed by atoms with van der Waals surface area (Å²) in [5.41, 5.74) is 4.03. The number of epoxide rings is 1. The van der Waals surface area contributed by atoms with Crippen molar-refractivity contribution in [2.24, 2.45) is 22.7 Å². The van der Waals surface area contributed by atoms with Gasteiger partial charge in [0.1, 0.15) is 29.8 Å². The predicted molar refractivity (Wildman–Crippen MR) is 224 cm³/mol. The molecule has 322 valence electrons. The molecule has 3 saturated carbocycles. The minimum absolute atomic E-state index is 0.00179. The minimum atomic E-state index is -1.41. The molecule has 0 spiro atoms. The van der Waals surface area contributed by atoms with Gasteiger partial charge in [0, 0.05) is 37.1 Å². The number of nitrogens with zero attached hydrogens (tertiary/aromatic N) is 1. The third-order valence-corrected chi connectivity index (χ3v) is 15.0. The van der Waals surface area contributed by atoms with E-state index in [4.69, 9.17) is 28.9 Å². The molecule has 3 aromatic carbocycles. The van der Waals surface area contributed by atoms with Crippen molar-refractivity contribution in [3.8, 4) is 0 Å². The maximum absolute atomic E-state index is 14.7. The summed E-state index contributed by atoms with van der Waals surface area (Å²) >= 11 is 0. The van der Waals surface area contributed by atoms with Crippen LogP contribution in [0.1, 0.15) is 88.0 Å². The van der Waals surface area contributed by atoms with E-state index in [1.54, 1.807) is 5.06 Å². The molecule has 3 N–H and O–H groups in total. The van der Waals surface area contributed by atoms with E-state index in [1.165, 1.54) is 18.4 Å². The fourth-order valence-electron chi connectivity index (χ4n) is 11.7. The number of hydrogen-bond donors (Lipinski definition) is 3. The van der Waals surface area contributed by atoms with Crippen LogP contribution in [0.2, 0.25) is 0 Å². The Balaban J connectivity index is 0.946. The van der Waals surface area contributed by atoms with E-state index in [9.17, 15) is 14.4 Å². The quantitative estimate of drug-likeness (QED) is 0.166. The first-order valence-corrected chi connectivity index (χ1v) is 22.2. The number of benzene rings is 3. The number of esters is 1. The standard InChI is InChI=1S/C49H57N3O9/c1-46(2)27-35-32(18-19-38-47(3,58-38)22-20-36(35)46)26-30-14-16-31(17-15-30)29-52-42-44(55)57-37-28-48(42,45(56)51-23-21-39(54)50-24-25-53)43(61-52)41-40(37)59-49(60-41,33-10-6-4-7-11-33)34-12-8-5-9-13-34/h4-17,26,35-38,40-43,53H,18-25,27-29H2,1-3H3,(H,50,54)(H,51,56)/t35-,36-,37+,38?,40+,41+,42+,43-,47-,48+/m1/s1. The smallest absolute Gasteiger partial charge is 0.327 e. The second kappa shape index (κ2) is 15.4. The molecular weight excluding hydrogens is 775 g/mol. The number of rotatable bonds is 11. The Kier molecular flexibility index (Phi) is 10.3. The van der Waals surface area contributed by atoms with E-state index in [0.717, 1.165) is 41.5 Å². The van der Waals surface area contributed by atoms with Crippen LogP contribution in [-0.4, -0.2) is 89.8 Å². The molecule has 7 aliphatic rings. The Hall–Kier alpha value is -4.43. The summed E-state index contributed by atoms with van der Waals surface area (Å²) in [7, 11) is 0. The number of fused-ring (bicyclic) bond motifs is 6. The SMILES string of the molecule is CC1(C)C[C@@H]2C(=Cc3ccc(CN4O[C@@H]5[C@H]6OC(c7ccccc7)(c7ccccc7)O[C@H]6[C@@H]6C[C@]5(C(=O)NCCC(=O)NCCO)[C@@H]4C(=O)O6)cc3)CCC3O[C@]3(C)CC[C@H]21. The van der Waals surface area contributed by atoms with E-state index in [-0.39, 0.29) is 50.6 Å². The molecule has 1 unspecified atom stereocenters. The molecule has 12 heteroatoms. The first-order chi connectivity index (χ1) is 29.4. The number of aliphatic hydroxyl groups excluding tert-OH is 1. The van der Waals surface area contributed by atoms with Crippen molar-refractivity contribution in [3.63, 3.8) is 0 Å². The van der Waals surface area contributed by atoms with Gasteiger partial charge in [-0.3, -0.25) is 19.2 Å². The van der Waals surface area contributed by atoms with Crippen LogP contribution in [0.4, 0.5) is 0 Å². The van der Waals surface area contributed by atoms with Crippen molar-refractivity contribution in [3.05, 3.63) is 113 Å². The molecule has 12 nitrogen and oxygen atoms in total. The van der Waals surface area contributed by atoms with Crippen LogP contribution in [0.15, 0.2) is 90.5 Å². The Morgan fingerprint density at radius 3 is 2.25 bits per heavy atom. The van der Waals surface area contributed by atoms with Crippen LogP contribution in [-0.2, 0) is 50.5 Å². The van der Waals surface area contributed by atoms with Gasteiger partial charge in [0.25, 0.3) is 0 Å². The molecular formula is C49H57N3O9. The maximum atomic E-state index is 14.7. The molecule has 4 heterocycles. The van der Waals surface area contributed by atoms with Gasteiger partial charge in [-0.25, -0.2) is 0 Å². The zero-order valence-corrected chi connectivity index (χ0v) is 35.2. The lowest BCUT2D eigenvalue weighted by Crippen LogP contribution is -2.69. The molecule has 7 fully saturated rings. The minimum Gasteiger partial charge on any atom is -0.458 e. The number of carbonyl (C=O) groups is 3. The van der Waals surface area contributed by atoms with E-state index in [2.05, 4.69) is 61.7 Å². The summed E-state index contributed by atoms with van der Waals surface area (Å²) in [6.45, 7) is 7.28. The highest BCUT2D eigenvalue weighted by molar-refractivity contribution is 5.94. The van der Waals surface area contributed by atoms with Gasteiger partial charge >= 0.3 is 5.97 Å². The van der Waals surface area contributed by atoms with Gasteiger partial charge in [-0.2, -0.15) is 5.06 Å². The van der Waals surface area contributed by atoms with E-state index < -0.39 is 53.5 Å². The highest BCUT2D eigenvalue weighted by atomic mass is 16.8. The number of amides is 2. The summed E-state index contributed by atoms with van der Waals surface area (Å²) in [6.07, 6.45) is 5.22. The molecule has 2 amide bonds. The largest absolute Gasteiger partial charge is 0.458 e. The van der Waals surface area contributed by atoms with Crippen molar-refractivity contribution in [2.75, 3.05) is 19.7 Å². The Morgan fingerprint density at radius 2 is 1.56 bits per heavy atom. The second-order valence-electron chi connectivity index (χ2n) is 19.2. The van der Waals surface area contributed by atoms with Crippen LogP contribution in [0.5, 0.6) is 0 Å². The third-order valence-electron chi connectivity index (χ3n) is 15.0. The van der Waals surface area contributed by atoms with Gasteiger partial charge in [0.15, 0.2) is 6.04 Å². The number of hydroxylamine groups is 2. The lowest BCUT2D eigenvalue weighted by molar-refractivity contribution is -0.213. The Morgan fingerprint density at radius 1 is 0.852 bits per heavy atom. The van der Waals surface area contributed by atoms with E-state index in [0.29, 0.717) is 23.4 Å². The summed E-state index contributed by atoms with van der Waals surface area (Å²) in [4.78, 5) is 48.4. The number of hydrogen-bond acceptors (Lipinski definition) is 10. The summed E-state index contributed by atoms with van der Waals surface area (Å²) < 4.78 is 26.5. The average Bonchev–Trinajstić information content (AvgIpc) is 3.54. The van der Waals surface area contributed by atoms with Crippen LogP contribution < -0.4 is 10.6 Å². The fourth-order valence-corrected chi connectivity index (χ4v) is 11.7. The van der Waals surface area contributed by atoms with Crippen LogP contribution in [0.25, 0.3) is 6.08 Å². The topological polar surface area (TPSA) is 148 Å². The lowest BCUT2D eigenvalue weighted by Gasteiger charge is -2.53. The molecule has 0 radical (unpaired) electrons. The summed E-state index contributed by atoms with van der Waals surface area (Å²) in [5.74, 6) is -1.41. The first-order valence-electron chi connectivity index (χ1n) is 22.2. The zero-order valence-electron chi connectivity index (χ0n) is 35.2. The lowest BCUT2D eigenvalue weighted by atomic mass is 9.52. The highest BCUT2D eigenvalue weighted by Gasteiger charge is 2.76. The molecule has 61 heavy (non-hydrogen) atoms. The monoisotopic (exact) mass is 831 g/mol. The molecule has 4 saturated heterocycles. The van der Waals surface area contributed by atoms with Crippen molar-refractivity contribution in [2.45, 2.75) is 120 Å². The normalized spacial score (nSPS) is 35.9. The average molecular weight is 832 g/mol. The summed E-state index contributed by atoms with van der Waals surface area (Å²) in [6, 6.07) is 26.6. The third kappa shape index (κ3) is 6.94. The van der Waals surface area contributed by atoms with Gasteiger partial charge < -0.3 is 34.7 Å². The fraction of sp³-hybridized carbons (Fsp3) is 0.531. The van der Waals surface area contributed by atoms with Crippen molar-refractivity contribution < 1.29 is 43.3 Å². The first kappa shape index (κ1) is 40.6. The molecule has 4 aliphatic heterocycles. The molecule has 0 aromatic heterocycles. The van der Waals surface area contributed by atoms with Gasteiger partial charge in [-0.15, -0.1) is 0 Å². The van der Waals surface area contributed by atoms with Crippen LogP contribution >= 0.6 is 0 Å². The molecule has 2 bridgehead atoms. The zero-order chi connectivity index (χ0) is 42.1. The maximum Gasteiger partial charge on any atom is 0.327 e. The number of nitrogens with one attached hydrogen (secondary N) is 2. The molecule has 10 rings (SSSR count). The number of aliphatic hydroxyl groups is 1. The second-order valence-corrected chi connectivity index (χ2v) is 19.2. The number of carbonyl (C=O) groups excluding carboxylic acids is 3. The van der Waals surface area contributed by atoms with Gasteiger partial charge in [-0.1, -0.05) is 110 Å². The van der Waals surface area contributed by atoms with Crippen LogP contribution in [0.3, 0.4) is 0 Å². The summed E-state index contributed by atoms with van der Waals surface area (Å²) in [5, 5.41) is 16.4. The number of ether oxygens (including phenoxy) is 4. The molecule has 3 aliphatic carbocycles. The van der Waals surface area contributed by atoms with Crippen molar-refractivity contribution >= 4 is 23.9 Å². The van der Waals surface area contributed by atoms with Crippen LogP contribution in [0, 0.1) is 22.7 Å². The number of allylic oxidation sites excluding steroid dienone is 1. The van der Waals surface area contributed by atoms with Gasteiger partial charge in [0.2, 0.25) is 17.6 Å². The van der Waals surface area contributed by atoms with Gasteiger partial charge in [-0.05, 0) is 67.4 Å². The van der Waals surface area contributed by atoms with E-state index >= 15 is 0 Å². The molecule has 10 atom stereocenters. The highest BCUT2D eigenvalue weighted by Crippen LogP contribution is 2.61. The Labute approximate surface area is 357 Å². The Bertz CT molecular complexity index is 2140. The van der Waals surface area contributed by atoms with E-state index in [1.807, 2.05) is 60.7 Å².